The van der Waals surface area contributed by atoms with E-state index < -0.39 is 17.8 Å². The van der Waals surface area contributed by atoms with Gasteiger partial charge in [0, 0.05) is 9.50 Å². The van der Waals surface area contributed by atoms with Crippen molar-refractivity contribution in [3.63, 3.8) is 0 Å². The lowest BCUT2D eigenvalue weighted by Gasteiger charge is -2.19. The van der Waals surface area contributed by atoms with Gasteiger partial charge in [0.1, 0.15) is 0 Å². The highest BCUT2D eigenvalue weighted by Crippen LogP contribution is 2.37. The van der Waals surface area contributed by atoms with Crippen molar-refractivity contribution in [3.05, 3.63) is 68.7 Å². The molecule has 0 aromatic heterocycles. The van der Waals surface area contributed by atoms with Crippen LogP contribution in [0.25, 0.3) is 0 Å². The number of nitrogens with two attached hydrogens (primary N) is 1. The fourth-order valence-corrected chi connectivity index (χ4v) is 2.62. The summed E-state index contributed by atoms with van der Waals surface area (Å²) in [6.07, 6.45) is -4.45. The van der Waals surface area contributed by atoms with Gasteiger partial charge in [-0.25, -0.2) is 0 Å². The van der Waals surface area contributed by atoms with E-state index in [1.807, 2.05) is 0 Å². The fourth-order valence-electron chi connectivity index (χ4n) is 1.95. The lowest BCUT2D eigenvalue weighted by molar-refractivity contribution is -0.138. The standard InChI is InChI=1S/C14H10BrClF3N/c15-12-6-5-8(16)7-10(12)13(20)9-3-1-2-4-11(9)14(17,18)19/h1-7,13H,20H2. The maximum Gasteiger partial charge on any atom is 0.416 e. The Morgan fingerprint density at radius 1 is 1.05 bits per heavy atom. The molecule has 2 aromatic carbocycles. The molecule has 106 valence electrons. The van der Waals surface area contributed by atoms with Crippen LogP contribution in [-0.2, 0) is 6.18 Å². The Labute approximate surface area is 127 Å². The second-order valence-electron chi connectivity index (χ2n) is 4.23. The number of benzene rings is 2. The van der Waals surface area contributed by atoms with Crippen LogP contribution in [0.2, 0.25) is 5.02 Å². The molecule has 20 heavy (non-hydrogen) atoms. The molecule has 2 aromatic rings. The Balaban J connectivity index is 2.54. The predicted molar refractivity (Wildman–Crippen MR) is 76.6 cm³/mol. The first-order valence-corrected chi connectivity index (χ1v) is 6.84. The van der Waals surface area contributed by atoms with Gasteiger partial charge in [-0.15, -0.1) is 0 Å². The number of hydrogen-bond donors (Lipinski definition) is 1. The number of alkyl halides is 3. The zero-order valence-corrected chi connectivity index (χ0v) is 12.4. The summed E-state index contributed by atoms with van der Waals surface area (Å²) < 4.78 is 39.6. The third-order valence-corrected chi connectivity index (χ3v) is 3.85. The molecule has 1 nitrogen and oxygen atoms in total. The van der Waals surface area contributed by atoms with Gasteiger partial charge in [-0.3, -0.25) is 0 Å². The minimum absolute atomic E-state index is 0.0166. The molecular weight excluding hydrogens is 355 g/mol. The predicted octanol–water partition coefficient (Wildman–Crippen LogP) is 5.17. The molecule has 0 spiro atoms. The molecule has 0 saturated carbocycles. The quantitative estimate of drug-likeness (QED) is 0.782. The van der Waals surface area contributed by atoms with Crippen LogP contribution in [0.4, 0.5) is 13.2 Å². The normalized spacial score (nSPS) is 13.3. The average Bonchev–Trinajstić information content (AvgIpc) is 2.40. The summed E-state index contributed by atoms with van der Waals surface area (Å²) in [5.74, 6) is 0. The highest BCUT2D eigenvalue weighted by atomic mass is 79.9. The number of halogens is 5. The minimum atomic E-state index is -4.45. The molecule has 0 aliphatic heterocycles. The molecular formula is C14H10BrClF3N. The van der Waals surface area contributed by atoms with Gasteiger partial charge in [0.25, 0.3) is 0 Å². The van der Waals surface area contributed by atoms with Crippen molar-refractivity contribution in [3.8, 4) is 0 Å². The molecule has 0 saturated heterocycles. The zero-order chi connectivity index (χ0) is 14.9. The van der Waals surface area contributed by atoms with Crippen LogP contribution >= 0.6 is 27.5 Å². The molecule has 1 atom stereocenters. The van der Waals surface area contributed by atoms with E-state index in [2.05, 4.69) is 15.9 Å². The molecule has 0 heterocycles. The zero-order valence-electron chi connectivity index (χ0n) is 10.1. The molecule has 1 unspecified atom stereocenters. The summed E-state index contributed by atoms with van der Waals surface area (Å²) in [6, 6.07) is 9.21. The summed E-state index contributed by atoms with van der Waals surface area (Å²) in [4.78, 5) is 0. The third-order valence-electron chi connectivity index (χ3n) is 2.89. The van der Waals surface area contributed by atoms with Crippen LogP contribution in [0.3, 0.4) is 0 Å². The molecule has 0 amide bonds. The second kappa shape index (κ2) is 5.76. The first kappa shape index (κ1) is 15.4. The summed E-state index contributed by atoms with van der Waals surface area (Å²) in [6.45, 7) is 0. The lowest BCUT2D eigenvalue weighted by atomic mass is 9.95. The monoisotopic (exact) mass is 363 g/mol. The van der Waals surface area contributed by atoms with Crippen molar-refractivity contribution >= 4 is 27.5 Å². The summed E-state index contributed by atoms with van der Waals surface area (Å²) in [5.41, 5.74) is 5.78. The molecule has 0 aliphatic carbocycles. The van der Waals surface area contributed by atoms with Crippen LogP contribution in [0, 0.1) is 0 Å². The average molecular weight is 365 g/mol. The molecule has 2 rings (SSSR count). The van der Waals surface area contributed by atoms with E-state index in [0.29, 0.717) is 15.1 Å². The van der Waals surface area contributed by atoms with Gasteiger partial charge in [-0.2, -0.15) is 13.2 Å². The first-order chi connectivity index (χ1) is 9.30. The first-order valence-electron chi connectivity index (χ1n) is 5.67. The van der Waals surface area contributed by atoms with E-state index >= 15 is 0 Å². The maximum atomic E-state index is 13.0. The van der Waals surface area contributed by atoms with Crippen molar-refractivity contribution in [2.24, 2.45) is 5.73 Å². The van der Waals surface area contributed by atoms with Crippen LogP contribution in [0.15, 0.2) is 46.9 Å². The Hall–Kier alpha value is -1.04. The SMILES string of the molecule is NC(c1cc(Cl)ccc1Br)c1ccccc1C(F)(F)F. The van der Waals surface area contributed by atoms with Gasteiger partial charge in [-0.05, 0) is 35.4 Å². The van der Waals surface area contributed by atoms with Crippen molar-refractivity contribution in [2.75, 3.05) is 0 Å². The van der Waals surface area contributed by atoms with Gasteiger partial charge in [0.15, 0.2) is 0 Å². The van der Waals surface area contributed by atoms with Crippen molar-refractivity contribution in [1.29, 1.82) is 0 Å². The third kappa shape index (κ3) is 3.16. The van der Waals surface area contributed by atoms with Gasteiger partial charge in [0.05, 0.1) is 11.6 Å². The smallest absolute Gasteiger partial charge is 0.320 e. The topological polar surface area (TPSA) is 26.0 Å². The Bertz CT molecular complexity index is 628. The summed E-state index contributed by atoms with van der Waals surface area (Å²) in [5, 5.41) is 0.420. The van der Waals surface area contributed by atoms with E-state index in [1.165, 1.54) is 18.2 Å². The van der Waals surface area contributed by atoms with Crippen molar-refractivity contribution in [2.45, 2.75) is 12.2 Å². The van der Waals surface area contributed by atoms with E-state index in [-0.39, 0.29) is 5.56 Å². The molecule has 6 heteroatoms. The molecule has 2 N–H and O–H groups in total. The fraction of sp³-hybridized carbons (Fsp3) is 0.143. The second-order valence-corrected chi connectivity index (χ2v) is 5.52. The van der Waals surface area contributed by atoms with E-state index in [0.717, 1.165) is 6.07 Å². The van der Waals surface area contributed by atoms with Crippen LogP contribution in [-0.4, -0.2) is 0 Å². The van der Waals surface area contributed by atoms with Gasteiger partial charge in [0.2, 0.25) is 0 Å². The highest BCUT2D eigenvalue weighted by Gasteiger charge is 2.34. The van der Waals surface area contributed by atoms with Gasteiger partial charge in [-0.1, -0.05) is 45.7 Å². The van der Waals surface area contributed by atoms with E-state index in [9.17, 15) is 13.2 Å². The minimum Gasteiger partial charge on any atom is -0.320 e. The van der Waals surface area contributed by atoms with Crippen LogP contribution < -0.4 is 5.73 Å². The molecule has 0 fully saturated rings. The maximum absolute atomic E-state index is 13.0. The summed E-state index contributed by atoms with van der Waals surface area (Å²) in [7, 11) is 0. The van der Waals surface area contributed by atoms with Crippen LogP contribution in [0.1, 0.15) is 22.7 Å². The Morgan fingerprint density at radius 2 is 1.70 bits per heavy atom. The number of hydrogen-bond acceptors (Lipinski definition) is 1. The Kier molecular flexibility index (Phi) is 4.42. The van der Waals surface area contributed by atoms with Crippen molar-refractivity contribution < 1.29 is 13.2 Å². The van der Waals surface area contributed by atoms with E-state index in [4.69, 9.17) is 17.3 Å². The van der Waals surface area contributed by atoms with Gasteiger partial charge >= 0.3 is 6.18 Å². The highest BCUT2D eigenvalue weighted by molar-refractivity contribution is 9.10. The largest absolute Gasteiger partial charge is 0.416 e. The lowest BCUT2D eigenvalue weighted by Crippen LogP contribution is -2.18. The van der Waals surface area contributed by atoms with Crippen LogP contribution in [0.5, 0.6) is 0 Å². The van der Waals surface area contributed by atoms with Gasteiger partial charge < -0.3 is 5.73 Å². The molecule has 0 radical (unpaired) electrons. The Morgan fingerprint density at radius 3 is 2.35 bits per heavy atom. The molecule has 0 aliphatic rings. The van der Waals surface area contributed by atoms with Crippen molar-refractivity contribution in [1.82, 2.24) is 0 Å². The van der Waals surface area contributed by atoms with E-state index in [1.54, 1.807) is 18.2 Å². The molecule has 0 bridgehead atoms. The number of rotatable bonds is 2. The summed E-state index contributed by atoms with van der Waals surface area (Å²) >= 11 is 9.16.